The first-order valence-corrected chi connectivity index (χ1v) is 8.44. The maximum atomic E-state index is 10.5. The zero-order valence-electron chi connectivity index (χ0n) is 11.2. The van der Waals surface area contributed by atoms with E-state index in [-0.39, 0.29) is 0 Å². The van der Waals surface area contributed by atoms with Gasteiger partial charge in [0.05, 0.1) is 6.10 Å². The molecule has 1 nitrogen and oxygen atoms in total. The number of benzene rings is 2. The maximum absolute atomic E-state index is 10.5. The number of hydrogen-bond donors (Lipinski definition) is 1. The summed E-state index contributed by atoms with van der Waals surface area (Å²) in [6, 6.07) is 16.6. The number of fused-ring (bicyclic) bond motifs is 1. The molecule has 0 spiro atoms. The Hall–Kier alpha value is -1.29. The number of aliphatic hydroxyl groups excluding tert-OH is 1. The van der Waals surface area contributed by atoms with E-state index in [9.17, 15) is 5.11 Å². The molecule has 0 aliphatic heterocycles. The first-order chi connectivity index (χ1) is 9.74. The summed E-state index contributed by atoms with van der Waals surface area (Å²) in [5, 5.41) is 13.7. The van der Waals surface area contributed by atoms with E-state index in [2.05, 4.69) is 48.7 Å². The Balaban J connectivity index is 1.76. The molecule has 1 N–H and O–H groups in total. The van der Waals surface area contributed by atoms with Gasteiger partial charge in [-0.2, -0.15) is 0 Å². The van der Waals surface area contributed by atoms with Gasteiger partial charge >= 0.3 is 0 Å². The molecular weight excluding hydrogens is 284 g/mol. The number of thiophene rings is 1. The highest BCUT2D eigenvalue weighted by molar-refractivity contribution is 7.99. The molecule has 0 fully saturated rings. The minimum Gasteiger partial charge on any atom is -0.387 e. The van der Waals surface area contributed by atoms with Crippen molar-refractivity contribution in [2.45, 2.75) is 17.9 Å². The topological polar surface area (TPSA) is 20.2 Å². The van der Waals surface area contributed by atoms with Crippen LogP contribution >= 0.6 is 23.1 Å². The molecule has 0 saturated heterocycles. The van der Waals surface area contributed by atoms with E-state index in [0.29, 0.717) is 5.75 Å². The van der Waals surface area contributed by atoms with Crippen LogP contribution in [-0.2, 0) is 0 Å². The summed E-state index contributed by atoms with van der Waals surface area (Å²) in [7, 11) is 0. The average molecular weight is 300 g/mol. The maximum Gasteiger partial charge on any atom is 0.0897 e. The summed E-state index contributed by atoms with van der Waals surface area (Å²) in [4.78, 5) is 1.21. The van der Waals surface area contributed by atoms with Crippen molar-refractivity contribution in [1.82, 2.24) is 0 Å². The van der Waals surface area contributed by atoms with Crippen molar-refractivity contribution in [3.8, 4) is 0 Å². The highest BCUT2D eigenvalue weighted by atomic mass is 32.2. The lowest BCUT2D eigenvalue weighted by atomic mass is 10.1. The van der Waals surface area contributed by atoms with Gasteiger partial charge in [-0.1, -0.05) is 35.9 Å². The van der Waals surface area contributed by atoms with Crippen LogP contribution in [0.1, 0.15) is 17.2 Å². The molecule has 2 aromatic carbocycles. The number of aliphatic hydroxyl groups is 1. The quantitative estimate of drug-likeness (QED) is 0.681. The third-order valence-corrected chi connectivity index (χ3v) is 5.31. The zero-order valence-corrected chi connectivity index (χ0v) is 12.9. The predicted octanol–water partition coefficient (Wildman–Crippen LogP) is 5.04. The Bertz CT molecular complexity index is 718. The van der Waals surface area contributed by atoms with Crippen LogP contribution in [0.4, 0.5) is 0 Å². The fourth-order valence-electron chi connectivity index (χ4n) is 2.25. The molecule has 1 atom stereocenters. The van der Waals surface area contributed by atoms with E-state index >= 15 is 0 Å². The van der Waals surface area contributed by atoms with Crippen molar-refractivity contribution in [3.63, 3.8) is 0 Å². The third-order valence-electron chi connectivity index (χ3n) is 3.27. The van der Waals surface area contributed by atoms with Gasteiger partial charge in [-0.25, -0.2) is 0 Å². The minimum atomic E-state index is -0.428. The second-order valence-electron chi connectivity index (χ2n) is 4.83. The van der Waals surface area contributed by atoms with Crippen molar-refractivity contribution in [2.24, 2.45) is 0 Å². The molecule has 1 unspecified atom stereocenters. The standard InChI is InChI=1S/C17H16OS2/c1-12-4-2-6-14(10-12)20-11-16(18)15-7-3-5-13-8-9-19-17(13)15/h2-10,16,18H,11H2,1H3. The van der Waals surface area contributed by atoms with Crippen LogP contribution in [0.15, 0.2) is 58.8 Å². The van der Waals surface area contributed by atoms with Gasteiger partial charge in [-0.05, 0) is 41.5 Å². The first-order valence-electron chi connectivity index (χ1n) is 6.58. The number of aryl methyl sites for hydroxylation is 1. The molecular formula is C17H16OS2. The summed E-state index contributed by atoms with van der Waals surface area (Å²) in [6.45, 7) is 2.09. The number of hydrogen-bond acceptors (Lipinski definition) is 3. The van der Waals surface area contributed by atoms with Crippen LogP contribution in [0.25, 0.3) is 10.1 Å². The van der Waals surface area contributed by atoms with Gasteiger partial charge in [-0.15, -0.1) is 23.1 Å². The third kappa shape index (κ3) is 2.90. The molecule has 3 aromatic rings. The van der Waals surface area contributed by atoms with Crippen LogP contribution in [0.5, 0.6) is 0 Å². The van der Waals surface area contributed by atoms with Crippen molar-refractivity contribution >= 4 is 33.2 Å². The van der Waals surface area contributed by atoms with Gasteiger partial charge in [0.2, 0.25) is 0 Å². The lowest BCUT2D eigenvalue weighted by Gasteiger charge is -2.12. The van der Waals surface area contributed by atoms with Gasteiger partial charge < -0.3 is 5.11 Å². The lowest BCUT2D eigenvalue weighted by Crippen LogP contribution is -2.00. The fraction of sp³-hybridized carbons (Fsp3) is 0.176. The minimum absolute atomic E-state index is 0.428. The van der Waals surface area contributed by atoms with Crippen molar-refractivity contribution < 1.29 is 5.11 Å². The van der Waals surface area contributed by atoms with Gasteiger partial charge in [-0.3, -0.25) is 0 Å². The van der Waals surface area contributed by atoms with Gasteiger partial charge in [0, 0.05) is 15.3 Å². The molecule has 3 rings (SSSR count). The monoisotopic (exact) mass is 300 g/mol. The van der Waals surface area contributed by atoms with Crippen molar-refractivity contribution in [2.75, 3.05) is 5.75 Å². The predicted molar refractivity (Wildman–Crippen MR) is 88.7 cm³/mol. The first kappa shape index (κ1) is 13.7. The molecule has 20 heavy (non-hydrogen) atoms. The Morgan fingerprint density at radius 1 is 1.15 bits per heavy atom. The Morgan fingerprint density at radius 2 is 2.00 bits per heavy atom. The Kier molecular flexibility index (Phi) is 4.10. The van der Waals surface area contributed by atoms with Crippen LogP contribution < -0.4 is 0 Å². The van der Waals surface area contributed by atoms with Crippen LogP contribution in [-0.4, -0.2) is 10.9 Å². The van der Waals surface area contributed by atoms with E-state index in [1.54, 1.807) is 23.1 Å². The highest BCUT2D eigenvalue weighted by Gasteiger charge is 2.12. The number of rotatable bonds is 4. The van der Waals surface area contributed by atoms with Crippen LogP contribution in [0.2, 0.25) is 0 Å². The normalized spacial score (nSPS) is 12.7. The average Bonchev–Trinajstić information content (AvgIpc) is 2.93. The van der Waals surface area contributed by atoms with Crippen LogP contribution in [0.3, 0.4) is 0 Å². The zero-order chi connectivity index (χ0) is 13.9. The summed E-state index contributed by atoms with van der Waals surface area (Å²) in [6.07, 6.45) is -0.428. The SMILES string of the molecule is Cc1cccc(SCC(O)c2cccc3ccsc23)c1. The Labute approximate surface area is 127 Å². The van der Waals surface area contributed by atoms with Gasteiger partial charge in [0.25, 0.3) is 0 Å². The lowest BCUT2D eigenvalue weighted by molar-refractivity contribution is 0.206. The molecule has 0 aliphatic rings. The summed E-state index contributed by atoms with van der Waals surface area (Å²) in [5.74, 6) is 0.681. The summed E-state index contributed by atoms with van der Waals surface area (Å²) < 4.78 is 1.20. The molecule has 3 heteroatoms. The van der Waals surface area contributed by atoms with Crippen LogP contribution in [0, 0.1) is 6.92 Å². The van der Waals surface area contributed by atoms with Crippen molar-refractivity contribution in [1.29, 1.82) is 0 Å². The molecule has 0 saturated carbocycles. The second kappa shape index (κ2) is 6.00. The molecule has 0 bridgehead atoms. The molecule has 102 valence electrons. The van der Waals surface area contributed by atoms with Gasteiger partial charge in [0.1, 0.15) is 0 Å². The van der Waals surface area contributed by atoms with Crippen molar-refractivity contribution in [3.05, 3.63) is 65.0 Å². The van der Waals surface area contributed by atoms with E-state index in [4.69, 9.17) is 0 Å². The smallest absolute Gasteiger partial charge is 0.0897 e. The fourth-order valence-corrected chi connectivity index (χ4v) is 4.19. The van der Waals surface area contributed by atoms with Gasteiger partial charge in [0.15, 0.2) is 0 Å². The van der Waals surface area contributed by atoms with E-state index in [1.165, 1.54) is 20.5 Å². The molecule has 0 radical (unpaired) electrons. The van der Waals surface area contributed by atoms with E-state index in [1.807, 2.05) is 12.1 Å². The molecule has 0 amide bonds. The summed E-state index contributed by atoms with van der Waals surface area (Å²) >= 11 is 3.40. The largest absolute Gasteiger partial charge is 0.387 e. The van der Waals surface area contributed by atoms with E-state index < -0.39 is 6.10 Å². The summed E-state index contributed by atoms with van der Waals surface area (Å²) in [5.41, 5.74) is 2.29. The number of thioether (sulfide) groups is 1. The molecule has 0 aliphatic carbocycles. The molecule has 1 heterocycles. The van der Waals surface area contributed by atoms with E-state index in [0.717, 1.165) is 5.56 Å². The second-order valence-corrected chi connectivity index (χ2v) is 6.84. The Morgan fingerprint density at radius 3 is 2.85 bits per heavy atom. The highest BCUT2D eigenvalue weighted by Crippen LogP contribution is 2.32. The molecule has 1 aromatic heterocycles.